The number of non-ortho nitro benzene ring substituents is 1. The topological polar surface area (TPSA) is 160 Å². The summed E-state index contributed by atoms with van der Waals surface area (Å²) in [5.74, 6) is -1.82. The van der Waals surface area contributed by atoms with Crippen LogP contribution in [0.2, 0.25) is 0 Å². The number of nitro groups is 2. The lowest BCUT2D eigenvalue weighted by Crippen LogP contribution is -2.35. The summed E-state index contributed by atoms with van der Waals surface area (Å²) in [4.78, 5) is 52.6. The minimum atomic E-state index is -2.24. The van der Waals surface area contributed by atoms with Gasteiger partial charge in [0, 0.05) is 11.6 Å². The molecule has 0 spiro atoms. The fraction of sp³-hybridized carbons (Fsp3) is 0.125. The fourth-order valence-electron chi connectivity index (χ4n) is 3.92. The Hall–Kier alpha value is -5.13. The molecule has 0 N–H and O–H groups in total. The number of carbonyl (C=O) groups is 2. The lowest BCUT2D eigenvalue weighted by molar-refractivity contribution is -0.394. The van der Waals surface area contributed by atoms with Gasteiger partial charge >= 0.3 is 11.9 Å². The number of aliphatic imine (C=N–C) groups is 1. The number of esters is 2. The van der Waals surface area contributed by atoms with Crippen molar-refractivity contribution in [2.75, 3.05) is 14.2 Å². The molecular formula is C24H17N3O9. The van der Waals surface area contributed by atoms with Crippen molar-refractivity contribution in [2.45, 2.75) is 5.54 Å². The summed E-state index contributed by atoms with van der Waals surface area (Å²) in [6, 6.07) is 15.6. The molecule has 182 valence electrons. The molecule has 0 amide bonds. The Balaban J connectivity index is 2.11. The Morgan fingerprint density at radius 3 is 2.19 bits per heavy atom. The normalized spacial score (nSPS) is 16.6. The van der Waals surface area contributed by atoms with Gasteiger partial charge in [0.25, 0.3) is 11.4 Å². The Bertz CT molecular complexity index is 1420. The number of hydrogen-bond acceptors (Lipinski definition) is 10. The molecule has 12 nitrogen and oxygen atoms in total. The van der Waals surface area contributed by atoms with E-state index >= 15 is 0 Å². The van der Waals surface area contributed by atoms with Crippen molar-refractivity contribution in [3.8, 4) is 5.75 Å². The zero-order chi connectivity index (χ0) is 26.0. The van der Waals surface area contributed by atoms with Gasteiger partial charge in [-0.25, -0.2) is 14.6 Å². The predicted molar refractivity (Wildman–Crippen MR) is 124 cm³/mol. The van der Waals surface area contributed by atoms with Gasteiger partial charge in [-0.15, -0.1) is 0 Å². The highest BCUT2D eigenvalue weighted by molar-refractivity contribution is 6.11. The number of cyclic esters (lactones) is 1. The second-order valence-electron chi connectivity index (χ2n) is 7.50. The molecular weight excluding hydrogens is 474 g/mol. The van der Waals surface area contributed by atoms with E-state index in [0.29, 0.717) is 17.4 Å². The van der Waals surface area contributed by atoms with Gasteiger partial charge in [0.1, 0.15) is 5.75 Å². The molecule has 0 bridgehead atoms. The second-order valence-corrected chi connectivity index (χ2v) is 7.50. The van der Waals surface area contributed by atoms with E-state index in [0.717, 1.165) is 13.2 Å². The minimum Gasteiger partial charge on any atom is -0.497 e. The first-order chi connectivity index (χ1) is 17.2. The van der Waals surface area contributed by atoms with Crippen molar-refractivity contribution in [2.24, 2.45) is 4.99 Å². The molecule has 0 radical (unpaired) electrons. The average Bonchev–Trinajstić information content (AvgIpc) is 3.25. The van der Waals surface area contributed by atoms with E-state index in [9.17, 15) is 29.8 Å². The first kappa shape index (κ1) is 24.0. The number of methoxy groups -OCH3 is 2. The van der Waals surface area contributed by atoms with Crippen LogP contribution in [0.15, 0.2) is 71.7 Å². The largest absolute Gasteiger partial charge is 0.497 e. The van der Waals surface area contributed by atoms with Gasteiger partial charge in [0.05, 0.1) is 41.3 Å². The molecule has 1 atom stereocenters. The van der Waals surface area contributed by atoms with Crippen LogP contribution in [0.3, 0.4) is 0 Å². The van der Waals surface area contributed by atoms with E-state index < -0.39 is 49.8 Å². The summed E-state index contributed by atoms with van der Waals surface area (Å²) in [5, 5.41) is 23.6. The molecule has 0 saturated carbocycles. The van der Waals surface area contributed by atoms with E-state index in [1.807, 2.05) is 0 Å². The highest BCUT2D eigenvalue weighted by Gasteiger charge is 2.55. The van der Waals surface area contributed by atoms with Crippen LogP contribution in [0, 0.1) is 20.2 Å². The molecule has 0 aliphatic carbocycles. The van der Waals surface area contributed by atoms with Crippen molar-refractivity contribution in [3.63, 3.8) is 0 Å². The van der Waals surface area contributed by atoms with Crippen LogP contribution in [0.1, 0.15) is 27.0 Å². The number of nitrogens with zero attached hydrogens (tertiary/aromatic N) is 3. The number of carbonyl (C=O) groups excluding carboxylic acids is 2. The van der Waals surface area contributed by atoms with Gasteiger partial charge in [-0.05, 0) is 29.8 Å². The van der Waals surface area contributed by atoms with Crippen molar-refractivity contribution in [1.82, 2.24) is 0 Å². The molecule has 4 rings (SSSR count). The summed E-state index contributed by atoms with van der Waals surface area (Å²) in [7, 11) is 2.48. The fourth-order valence-corrected chi connectivity index (χ4v) is 3.92. The molecule has 0 aromatic heterocycles. The van der Waals surface area contributed by atoms with Gasteiger partial charge in [-0.3, -0.25) is 20.2 Å². The van der Waals surface area contributed by atoms with Crippen LogP contribution in [0.4, 0.5) is 11.4 Å². The van der Waals surface area contributed by atoms with Crippen LogP contribution in [0.25, 0.3) is 0 Å². The van der Waals surface area contributed by atoms with Crippen molar-refractivity contribution >= 4 is 29.2 Å². The third-order valence-electron chi connectivity index (χ3n) is 5.56. The molecule has 3 aromatic carbocycles. The van der Waals surface area contributed by atoms with E-state index in [-0.39, 0.29) is 11.5 Å². The van der Waals surface area contributed by atoms with E-state index in [1.54, 1.807) is 42.5 Å². The molecule has 1 aliphatic rings. The maximum absolute atomic E-state index is 13.6. The van der Waals surface area contributed by atoms with Crippen LogP contribution in [-0.4, -0.2) is 41.9 Å². The maximum Gasteiger partial charge on any atom is 0.350 e. The summed E-state index contributed by atoms with van der Waals surface area (Å²) in [6.07, 6.45) is 0. The maximum atomic E-state index is 13.6. The summed E-state index contributed by atoms with van der Waals surface area (Å²) < 4.78 is 15.4. The van der Waals surface area contributed by atoms with Crippen LogP contribution < -0.4 is 4.74 Å². The number of benzene rings is 3. The first-order valence-electron chi connectivity index (χ1n) is 10.3. The highest BCUT2D eigenvalue weighted by Crippen LogP contribution is 2.47. The summed E-state index contributed by atoms with van der Waals surface area (Å²) >= 11 is 0. The van der Waals surface area contributed by atoms with Crippen molar-refractivity contribution in [3.05, 3.63) is 109 Å². The molecule has 1 unspecified atom stereocenters. The Labute approximate surface area is 203 Å². The molecule has 0 saturated heterocycles. The van der Waals surface area contributed by atoms with E-state index in [4.69, 9.17) is 14.2 Å². The third kappa shape index (κ3) is 3.90. The zero-order valence-corrected chi connectivity index (χ0v) is 18.9. The molecule has 36 heavy (non-hydrogen) atoms. The number of rotatable bonds is 7. The number of hydrogen-bond donors (Lipinski definition) is 0. The standard InChI is InChI=1S/C24H17N3O9/c1-34-17-10-8-14(9-11-17)21-25-24(23(29)36-21,15-6-4-3-5-7-15)20-18(22(28)35-2)12-16(26(30)31)13-19(20)27(32)33/h3-13H,1-2H3. The average molecular weight is 491 g/mol. The lowest BCUT2D eigenvalue weighted by Gasteiger charge is -2.24. The highest BCUT2D eigenvalue weighted by atomic mass is 16.6. The second kappa shape index (κ2) is 9.25. The smallest absolute Gasteiger partial charge is 0.350 e. The Morgan fingerprint density at radius 1 is 0.972 bits per heavy atom. The lowest BCUT2D eigenvalue weighted by atomic mass is 9.79. The SMILES string of the molecule is COC(=O)c1cc([N+](=O)[O-])cc([N+](=O)[O-])c1C1(c2ccccc2)N=C(c2ccc(OC)cc2)OC1=O. The monoisotopic (exact) mass is 491 g/mol. The predicted octanol–water partition coefficient (Wildman–Crippen LogP) is 3.55. The van der Waals surface area contributed by atoms with Crippen molar-refractivity contribution < 1.29 is 33.6 Å². The molecule has 3 aromatic rings. The van der Waals surface area contributed by atoms with E-state index in [1.165, 1.54) is 19.2 Å². The zero-order valence-electron chi connectivity index (χ0n) is 18.9. The molecule has 12 heteroatoms. The van der Waals surface area contributed by atoms with E-state index in [2.05, 4.69) is 4.99 Å². The first-order valence-corrected chi connectivity index (χ1v) is 10.3. The summed E-state index contributed by atoms with van der Waals surface area (Å²) in [6.45, 7) is 0. The van der Waals surface area contributed by atoms with Crippen molar-refractivity contribution in [1.29, 1.82) is 0 Å². The van der Waals surface area contributed by atoms with Gasteiger partial charge in [-0.2, -0.15) is 0 Å². The van der Waals surface area contributed by atoms with Crippen LogP contribution in [-0.2, 0) is 19.8 Å². The number of ether oxygens (including phenoxy) is 3. The Morgan fingerprint density at radius 2 is 1.64 bits per heavy atom. The van der Waals surface area contributed by atoms with Gasteiger partial charge in [-0.1, -0.05) is 30.3 Å². The van der Waals surface area contributed by atoms with Crippen LogP contribution in [0.5, 0.6) is 5.75 Å². The Kier molecular flexibility index (Phi) is 6.17. The minimum absolute atomic E-state index is 0.139. The van der Waals surface area contributed by atoms with Gasteiger partial charge in [0.15, 0.2) is 0 Å². The number of nitro benzene ring substituents is 2. The quantitative estimate of drug-likeness (QED) is 0.273. The van der Waals surface area contributed by atoms with Crippen LogP contribution >= 0.6 is 0 Å². The van der Waals surface area contributed by atoms with Gasteiger partial charge in [0.2, 0.25) is 11.4 Å². The molecule has 1 aliphatic heterocycles. The van der Waals surface area contributed by atoms with Gasteiger partial charge < -0.3 is 14.2 Å². The molecule has 1 heterocycles. The molecule has 0 fully saturated rings. The third-order valence-corrected chi connectivity index (χ3v) is 5.56. The summed E-state index contributed by atoms with van der Waals surface area (Å²) in [5.41, 5.74) is -4.43.